The van der Waals surface area contributed by atoms with Crippen molar-refractivity contribution in [2.24, 2.45) is 0 Å². The third-order valence-corrected chi connectivity index (χ3v) is 3.99. The Morgan fingerprint density at radius 3 is 2.60 bits per heavy atom. The van der Waals surface area contributed by atoms with Gasteiger partial charge in [0.1, 0.15) is 0 Å². The van der Waals surface area contributed by atoms with Crippen LogP contribution >= 0.6 is 0 Å². The largest absolute Gasteiger partial charge is 0.368 e. The average molecular weight is 278 g/mol. The van der Waals surface area contributed by atoms with Crippen LogP contribution in [0.1, 0.15) is 46.5 Å². The van der Waals surface area contributed by atoms with E-state index in [9.17, 15) is 0 Å². The molecule has 6 heteroatoms. The molecule has 6 nitrogen and oxygen atoms in total. The number of nitrogen functional groups attached to an aromatic ring is 1. The fourth-order valence-electron chi connectivity index (χ4n) is 2.72. The maximum Gasteiger partial charge on any atom is 0.232 e. The van der Waals surface area contributed by atoms with Crippen LogP contribution in [-0.4, -0.2) is 40.6 Å². The first-order valence-electron chi connectivity index (χ1n) is 7.68. The van der Waals surface area contributed by atoms with Crippen molar-refractivity contribution < 1.29 is 0 Å². The Morgan fingerprint density at radius 2 is 1.90 bits per heavy atom. The Bertz CT molecular complexity index is 432. The van der Waals surface area contributed by atoms with Gasteiger partial charge in [-0.25, -0.2) is 0 Å². The molecule has 1 aromatic heterocycles. The van der Waals surface area contributed by atoms with Crippen LogP contribution in [0.5, 0.6) is 0 Å². The van der Waals surface area contributed by atoms with E-state index in [1.807, 2.05) is 0 Å². The van der Waals surface area contributed by atoms with Gasteiger partial charge in [0.15, 0.2) is 0 Å². The zero-order chi connectivity index (χ0) is 14.5. The van der Waals surface area contributed by atoms with Gasteiger partial charge in [-0.05, 0) is 33.6 Å². The van der Waals surface area contributed by atoms with E-state index in [4.69, 9.17) is 5.73 Å². The first-order valence-corrected chi connectivity index (χ1v) is 7.68. The number of rotatable bonds is 4. The average Bonchev–Trinajstić information content (AvgIpc) is 2.64. The molecule has 112 valence electrons. The Balaban J connectivity index is 2.30. The second kappa shape index (κ2) is 6.72. The molecule has 0 saturated carbocycles. The topological polar surface area (TPSA) is 71.2 Å². The van der Waals surface area contributed by atoms with Crippen LogP contribution in [0.4, 0.5) is 17.8 Å². The van der Waals surface area contributed by atoms with Crippen molar-refractivity contribution in [3.8, 4) is 0 Å². The molecule has 1 unspecified atom stereocenters. The van der Waals surface area contributed by atoms with E-state index >= 15 is 0 Å². The fraction of sp³-hybridized carbons (Fsp3) is 0.786. The molecule has 1 fully saturated rings. The van der Waals surface area contributed by atoms with Crippen molar-refractivity contribution in [2.45, 2.75) is 52.5 Å². The summed E-state index contributed by atoms with van der Waals surface area (Å²) in [5.41, 5.74) is 5.88. The Hall–Kier alpha value is -1.59. The monoisotopic (exact) mass is 278 g/mol. The SMILES string of the molecule is CCN(CC)c1nc(N)nc(N2CCCCCC2C)n1. The summed E-state index contributed by atoms with van der Waals surface area (Å²) in [5.74, 6) is 1.73. The predicted octanol–water partition coefficient (Wildman–Crippen LogP) is 2.07. The minimum Gasteiger partial charge on any atom is -0.368 e. The van der Waals surface area contributed by atoms with Gasteiger partial charge in [0.2, 0.25) is 17.8 Å². The normalized spacial score (nSPS) is 19.8. The lowest BCUT2D eigenvalue weighted by Crippen LogP contribution is -2.35. The van der Waals surface area contributed by atoms with Crippen LogP contribution in [-0.2, 0) is 0 Å². The van der Waals surface area contributed by atoms with Crippen molar-refractivity contribution in [2.75, 3.05) is 35.2 Å². The second-order valence-electron chi connectivity index (χ2n) is 5.36. The van der Waals surface area contributed by atoms with Gasteiger partial charge < -0.3 is 15.5 Å². The molecule has 1 saturated heterocycles. The number of hydrogen-bond acceptors (Lipinski definition) is 6. The van der Waals surface area contributed by atoms with E-state index in [1.54, 1.807) is 0 Å². The maximum atomic E-state index is 5.88. The number of aromatic nitrogens is 3. The molecule has 2 N–H and O–H groups in total. The first-order chi connectivity index (χ1) is 9.65. The highest BCUT2D eigenvalue weighted by Gasteiger charge is 2.21. The van der Waals surface area contributed by atoms with Crippen molar-refractivity contribution in [3.05, 3.63) is 0 Å². The third-order valence-electron chi connectivity index (χ3n) is 3.99. The highest BCUT2D eigenvalue weighted by Crippen LogP contribution is 2.23. The minimum atomic E-state index is 0.313. The Labute approximate surface area is 121 Å². The van der Waals surface area contributed by atoms with Gasteiger partial charge in [-0.15, -0.1) is 0 Å². The van der Waals surface area contributed by atoms with Crippen LogP contribution in [0.15, 0.2) is 0 Å². The molecule has 0 amide bonds. The Kier molecular flexibility index (Phi) is 4.98. The van der Waals surface area contributed by atoms with Crippen molar-refractivity contribution in [1.82, 2.24) is 15.0 Å². The summed E-state index contributed by atoms with van der Waals surface area (Å²) in [7, 11) is 0. The number of anilines is 3. The highest BCUT2D eigenvalue weighted by molar-refractivity contribution is 5.44. The van der Waals surface area contributed by atoms with Crippen LogP contribution in [0.25, 0.3) is 0 Å². The number of hydrogen-bond donors (Lipinski definition) is 1. The molecule has 0 radical (unpaired) electrons. The molecule has 2 heterocycles. The second-order valence-corrected chi connectivity index (χ2v) is 5.36. The summed E-state index contributed by atoms with van der Waals surface area (Å²) in [6, 6.07) is 0.462. The van der Waals surface area contributed by atoms with Crippen molar-refractivity contribution in [1.29, 1.82) is 0 Å². The molecular weight excluding hydrogens is 252 g/mol. The standard InChI is InChI=1S/C14H26N6/c1-4-19(5-2)13-16-12(15)17-14(18-13)20-10-8-6-7-9-11(20)3/h11H,4-10H2,1-3H3,(H2,15,16,17,18). The summed E-state index contributed by atoms with van der Waals surface area (Å²) in [6.45, 7) is 9.17. The maximum absolute atomic E-state index is 5.88. The lowest BCUT2D eigenvalue weighted by Gasteiger charge is -2.28. The van der Waals surface area contributed by atoms with Gasteiger partial charge in [-0.1, -0.05) is 12.8 Å². The molecule has 1 aromatic rings. The van der Waals surface area contributed by atoms with E-state index in [-0.39, 0.29) is 0 Å². The summed E-state index contributed by atoms with van der Waals surface area (Å²) < 4.78 is 0. The van der Waals surface area contributed by atoms with E-state index in [0.29, 0.717) is 17.9 Å². The molecule has 0 aromatic carbocycles. The third kappa shape index (κ3) is 3.29. The van der Waals surface area contributed by atoms with Gasteiger partial charge in [0, 0.05) is 25.7 Å². The van der Waals surface area contributed by atoms with Crippen LogP contribution in [0, 0.1) is 0 Å². The Morgan fingerprint density at radius 1 is 1.15 bits per heavy atom. The molecule has 0 spiro atoms. The molecule has 20 heavy (non-hydrogen) atoms. The summed E-state index contributed by atoms with van der Waals surface area (Å²) >= 11 is 0. The summed E-state index contributed by atoms with van der Waals surface area (Å²) in [4.78, 5) is 17.6. The lowest BCUT2D eigenvalue weighted by molar-refractivity contribution is 0.603. The van der Waals surface area contributed by atoms with E-state index in [1.165, 1.54) is 25.7 Å². The van der Waals surface area contributed by atoms with Gasteiger partial charge in [-0.2, -0.15) is 15.0 Å². The van der Waals surface area contributed by atoms with Crippen LogP contribution in [0.3, 0.4) is 0 Å². The quantitative estimate of drug-likeness (QED) is 0.909. The van der Waals surface area contributed by atoms with Crippen LogP contribution < -0.4 is 15.5 Å². The van der Waals surface area contributed by atoms with Crippen molar-refractivity contribution in [3.63, 3.8) is 0 Å². The van der Waals surface area contributed by atoms with Crippen LogP contribution in [0.2, 0.25) is 0 Å². The number of nitrogens with zero attached hydrogens (tertiary/aromatic N) is 5. The van der Waals surface area contributed by atoms with E-state index < -0.39 is 0 Å². The van der Waals surface area contributed by atoms with Gasteiger partial charge in [-0.3, -0.25) is 0 Å². The van der Waals surface area contributed by atoms with Gasteiger partial charge in [0.25, 0.3) is 0 Å². The molecule has 1 aliphatic rings. The van der Waals surface area contributed by atoms with Crippen molar-refractivity contribution >= 4 is 17.8 Å². The minimum absolute atomic E-state index is 0.313. The molecule has 0 bridgehead atoms. The molecule has 0 aliphatic carbocycles. The zero-order valence-electron chi connectivity index (χ0n) is 12.8. The fourth-order valence-corrected chi connectivity index (χ4v) is 2.72. The lowest BCUT2D eigenvalue weighted by atomic mass is 10.1. The molecule has 1 atom stereocenters. The van der Waals surface area contributed by atoms with Gasteiger partial charge >= 0.3 is 0 Å². The first kappa shape index (κ1) is 14.8. The predicted molar refractivity (Wildman–Crippen MR) is 83.1 cm³/mol. The highest BCUT2D eigenvalue weighted by atomic mass is 15.4. The smallest absolute Gasteiger partial charge is 0.232 e. The molecule has 2 rings (SSSR count). The van der Waals surface area contributed by atoms with E-state index in [0.717, 1.165) is 25.6 Å². The van der Waals surface area contributed by atoms with E-state index in [2.05, 4.69) is 45.5 Å². The van der Waals surface area contributed by atoms with Gasteiger partial charge in [0.05, 0.1) is 0 Å². The molecular formula is C14H26N6. The summed E-state index contributed by atoms with van der Waals surface area (Å²) in [6.07, 6.45) is 4.94. The zero-order valence-corrected chi connectivity index (χ0v) is 12.8. The molecule has 1 aliphatic heterocycles. The number of nitrogens with two attached hydrogens (primary N) is 1. The summed E-state index contributed by atoms with van der Waals surface area (Å²) in [5, 5.41) is 0.